The first-order valence-electron chi connectivity index (χ1n) is 10.2. The van der Waals surface area contributed by atoms with Crippen molar-refractivity contribution in [2.45, 2.75) is 31.8 Å². The van der Waals surface area contributed by atoms with Gasteiger partial charge in [0.1, 0.15) is 12.4 Å². The van der Waals surface area contributed by atoms with Gasteiger partial charge in [0.05, 0.1) is 25.9 Å². The monoisotopic (exact) mass is 374 g/mol. The molecule has 2 atom stereocenters. The van der Waals surface area contributed by atoms with Gasteiger partial charge in [-0.2, -0.15) is 0 Å². The Bertz CT molecular complexity index is 649. The van der Waals surface area contributed by atoms with E-state index in [0.717, 1.165) is 38.8 Å². The van der Waals surface area contributed by atoms with E-state index >= 15 is 0 Å². The Kier molecular flexibility index (Phi) is 5.95. The number of piperazine rings is 1. The lowest BCUT2D eigenvalue weighted by atomic mass is 10.0. The molecule has 4 rings (SSSR count). The third kappa shape index (κ3) is 4.45. The Balaban J connectivity index is 1.35. The third-order valence-electron chi connectivity index (χ3n) is 5.79. The van der Waals surface area contributed by atoms with Crippen molar-refractivity contribution in [3.8, 4) is 5.75 Å². The molecule has 0 unspecified atom stereocenters. The van der Waals surface area contributed by atoms with E-state index in [4.69, 9.17) is 14.2 Å². The van der Waals surface area contributed by atoms with Crippen LogP contribution >= 0.6 is 0 Å². The van der Waals surface area contributed by atoms with Crippen molar-refractivity contribution in [2.24, 2.45) is 5.92 Å². The van der Waals surface area contributed by atoms with Crippen molar-refractivity contribution in [2.75, 3.05) is 52.7 Å². The van der Waals surface area contributed by atoms with E-state index < -0.39 is 0 Å². The Morgan fingerprint density at radius 1 is 1.22 bits per heavy atom. The summed E-state index contributed by atoms with van der Waals surface area (Å²) in [5.74, 6) is 1.60. The molecule has 1 aromatic rings. The van der Waals surface area contributed by atoms with Gasteiger partial charge in [-0.15, -0.1) is 0 Å². The van der Waals surface area contributed by atoms with Crippen LogP contribution in [0.15, 0.2) is 24.3 Å². The normalized spacial score (nSPS) is 25.9. The third-order valence-corrected chi connectivity index (χ3v) is 5.79. The SMILES string of the molecule is CCOCCOc1cccc(C(=O)N2CCN3[C@@H](COC[C@@H]3C3CC3)C2)c1. The minimum Gasteiger partial charge on any atom is -0.491 e. The van der Waals surface area contributed by atoms with Gasteiger partial charge in [-0.3, -0.25) is 9.69 Å². The maximum absolute atomic E-state index is 13.0. The van der Waals surface area contributed by atoms with Crippen LogP contribution in [0.4, 0.5) is 0 Å². The first-order valence-corrected chi connectivity index (χ1v) is 10.2. The fourth-order valence-electron chi connectivity index (χ4n) is 4.21. The van der Waals surface area contributed by atoms with Crippen molar-refractivity contribution in [1.82, 2.24) is 9.80 Å². The van der Waals surface area contributed by atoms with E-state index in [1.165, 1.54) is 12.8 Å². The quantitative estimate of drug-likeness (QED) is 0.684. The molecule has 2 saturated heterocycles. The van der Waals surface area contributed by atoms with Gasteiger partial charge in [-0.05, 0) is 43.9 Å². The Morgan fingerprint density at radius 3 is 2.93 bits per heavy atom. The standard InChI is InChI=1S/C21H30N2O4/c1-2-25-10-11-27-19-5-3-4-17(12-19)21(24)22-8-9-23-18(13-22)14-26-15-20(23)16-6-7-16/h3-5,12,16,18,20H,2,6-11,13-15H2,1H3/t18-,20-/m1/s1. The van der Waals surface area contributed by atoms with Gasteiger partial charge < -0.3 is 19.1 Å². The van der Waals surface area contributed by atoms with Crippen LogP contribution in [-0.2, 0) is 9.47 Å². The van der Waals surface area contributed by atoms with Gasteiger partial charge in [0, 0.05) is 37.8 Å². The van der Waals surface area contributed by atoms with Crippen LogP contribution in [0.1, 0.15) is 30.1 Å². The average Bonchev–Trinajstić information content (AvgIpc) is 3.55. The first kappa shape index (κ1) is 18.7. The highest BCUT2D eigenvalue weighted by Gasteiger charge is 2.43. The lowest BCUT2D eigenvalue weighted by molar-refractivity contribution is -0.0816. The van der Waals surface area contributed by atoms with E-state index in [9.17, 15) is 4.79 Å². The lowest BCUT2D eigenvalue weighted by Gasteiger charge is -2.48. The molecule has 0 aromatic heterocycles. The molecule has 1 aliphatic carbocycles. The zero-order valence-corrected chi connectivity index (χ0v) is 16.1. The second-order valence-corrected chi connectivity index (χ2v) is 7.66. The van der Waals surface area contributed by atoms with E-state index in [1.807, 2.05) is 36.1 Å². The Labute approximate surface area is 161 Å². The minimum atomic E-state index is 0.0819. The van der Waals surface area contributed by atoms with Gasteiger partial charge in [0.25, 0.3) is 5.91 Å². The maximum atomic E-state index is 13.0. The van der Waals surface area contributed by atoms with Crippen LogP contribution in [0.3, 0.4) is 0 Å². The molecule has 1 saturated carbocycles. The van der Waals surface area contributed by atoms with Crippen LogP contribution in [0, 0.1) is 5.92 Å². The molecule has 148 valence electrons. The second kappa shape index (κ2) is 8.59. The van der Waals surface area contributed by atoms with Gasteiger partial charge in [-0.25, -0.2) is 0 Å². The largest absolute Gasteiger partial charge is 0.491 e. The molecular weight excluding hydrogens is 344 g/mol. The predicted octanol–water partition coefficient (Wildman–Crippen LogP) is 2.04. The van der Waals surface area contributed by atoms with Gasteiger partial charge in [-0.1, -0.05) is 6.07 Å². The molecule has 0 N–H and O–H groups in total. The zero-order valence-electron chi connectivity index (χ0n) is 16.1. The number of rotatable bonds is 7. The Morgan fingerprint density at radius 2 is 2.11 bits per heavy atom. The fourth-order valence-corrected chi connectivity index (χ4v) is 4.21. The highest BCUT2D eigenvalue weighted by molar-refractivity contribution is 5.94. The number of hydrogen-bond acceptors (Lipinski definition) is 5. The first-order chi connectivity index (χ1) is 13.3. The fraction of sp³-hybridized carbons (Fsp3) is 0.667. The molecule has 3 aliphatic rings. The number of nitrogens with zero attached hydrogens (tertiary/aromatic N) is 2. The number of amides is 1. The molecule has 0 bridgehead atoms. The van der Waals surface area contributed by atoms with Gasteiger partial charge in [0.2, 0.25) is 0 Å². The summed E-state index contributed by atoms with van der Waals surface area (Å²) < 4.78 is 16.8. The minimum absolute atomic E-state index is 0.0819. The van der Waals surface area contributed by atoms with Crippen LogP contribution < -0.4 is 4.74 Å². The molecule has 1 amide bonds. The van der Waals surface area contributed by atoms with Gasteiger partial charge in [0.15, 0.2) is 0 Å². The Hall–Kier alpha value is -1.63. The second-order valence-electron chi connectivity index (χ2n) is 7.66. The van der Waals surface area contributed by atoms with Crippen molar-refractivity contribution in [3.63, 3.8) is 0 Å². The van der Waals surface area contributed by atoms with E-state index in [2.05, 4.69) is 4.90 Å². The van der Waals surface area contributed by atoms with Crippen LogP contribution in [-0.4, -0.2) is 80.5 Å². The number of morpholine rings is 1. The summed E-state index contributed by atoms with van der Waals surface area (Å²) in [6, 6.07) is 8.36. The van der Waals surface area contributed by atoms with E-state index in [1.54, 1.807) is 0 Å². The van der Waals surface area contributed by atoms with Crippen LogP contribution in [0.25, 0.3) is 0 Å². The average molecular weight is 374 g/mol. The summed E-state index contributed by atoms with van der Waals surface area (Å²) in [4.78, 5) is 17.6. The summed E-state index contributed by atoms with van der Waals surface area (Å²) >= 11 is 0. The lowest BCUT2D eigenvalue weighted by Crippen LogP contribution is -2.63. The molecular formula is C21H30N2O4. The van der Waals surface area contributed by atoms with Crippen LogP contribution in [0.2, 0.25) is 0 Å². The summed E-state index contributed by atoms with van der Waals surface area (Å²) in [7, 11) is 0. The number of ether oxygens (including phenoxy) is 3. The van der Waals surface area contributed by atoms with Crippen molar-refractivity contribution >= 4 is 5.91 Å². The summed E-state index contributed by atoms with van der Waals surface area (Å²) in [5, 5.41) is 0. The zero-order chi connectivity index (χ0) is 18.6. The molecule has 0 spiro atoms. The van der Waals surface area contributed by atoms with Crippen LogP contribution in [0.5, 0.6) is 5.75 Å². The molecule has 6 heteroatoms. The summed E-state index contributed by atoms with van der Waals surface area (Å²) in [6.07, 6.45) is 2.66. The molecule has 2 aliphatic heterocycles. The molecule has 0 radical (unpaired) electrons. The number of benzene rings is 1. The molecule has 6 nitrogen and oxygen atoms in total. The van der Waals surface area contributed by atoms with Crippen molar-refractivity contribution < 1.29 is 19.0 Å². The van der Waals surface area contributed by atoms with Crippen molar-refractivity contribution in [3.05, 3.63) is 29.8 Å². The predicted molar refractivity (Wildman–Crippen MR) is 102 cm³/mol. The van der Waals surface area contributed by atoms with E-state index in [0.29, 0.717) is 43.2 Å². The number of carbonyl (C=O) groups is 1. The highest BCUT2D eigenvalue weighted by Crippen LogP contribution is 2.38. The summed E-state index contributed by atoms with van der Waals surface area (Å²) in [5.41, 5.74) is 0.688. The van der Waals surface area contributed by atoms with Gasteiger partial charge >= 0.3 is 0 Å². The molecule has 27 heavy (non-hydrogen) atoms. The molecule has 3 fully saturated rings. The summed E-state index contributed by atoms with van der Waals surface area (Å²) in [6.45, 7) is 7.76. The highest BCUT2D eigenvalue weighted by atomic mass is 16.5. The van der Waals surface area contributed by atoms with E-state index in [-0.39, 0.29) is 5.91 Å². The molecule has 1 aromatic carbocycles. The molecule has 2 heterocycles. The maximum Gasteiger partial charge on any atom is 0.254 e. The van der Waals surface area contributed by atoms with Crippen molar-refractivity contribution in [1.29, 1.82) is 0 Å². The number of carbonyl (C=O) groups excluding carboxylic acids is 1. The number of fused-ring (bicyclic) bond motifs is 1. The number of hydrogen-bond donors (Lipinski definition) is 0. The topological polar surface area (TPSA) is 51.2 Å². The smallest absolute Gasteiger partial charge is 0.254 e.